The van der Waals surface area contributed by atoms with Crippen LogP contribution in [0.1, 0.15) is 31.2 Å². The molecule has 2 saturated heterocycles. The predicted molar refractivity (Wildman–Crippen MR) is 71.8 cm³/mol. The Hall–Kier alpha value is -1.92. The zero-order valence-corrected chi connectivity index (χ0v) is 11.7. The molecule has 1 aromatic rings. The van der Waals surface area contributed by atoms with Gasteiger partial charge in [0.2, 0.25) is 0 Å². The van der Waals surface area contributed by atoms with Gasteiger partial charge in [-0.25, -0.2) is 4.79 Å². The molecule has 7 heteroatoms. The maximum Gasteiger partial charge on any atom is 0.416 e. The van der Waals surface area contributed by atoms with Gasteiger partial charge in [-0.15, -0.1) is 0 Å². The molecule has 4 nitrogen and oxygen atoms in total. The number of piperidine rings is 1. The van der Waals surface area contributed by atoms with Crippen molar-refractivity contribution >= 4 is 6.09 Å². The number of alkyl halides is 3. The number of halogens is 3. The van der Waals surface area contributed by atoms with E-state index in [1.54, 1.807) is 0 Å². The van der Waals surface area contributed by atoms with E-state index >= 15 is 0 Å². The van der Waals surface area contributed by atoms with Crippen molar-refractivity contribution in [1.29, 1.82) is 0 Å². The van der Waals surface area contributed by atoms with E-state index < -0.39 is 17.8 Å². The summed E-state index contributed by atoms with van der Waals surface area (Å²) in [7, 11) is 0. The second kappa shape index (κ2) is 5.37. The summed E-state index contributed by atoms with van der Waals surface area (Å²) in [5.41, 5.74) is -0.708. The Kier molecular flexibility index (Phi) is 3.66. The Bertz CT molecular complexity index is 544. The predicted octanol–water partition coefficient (Wildman–Crippen LogP) is 3.76. The molecule has 0 unspecified atom stereocenters. The molecule has 2 bridgehead atoms. The summed E-state index contributed by atoms with van der Waals surface area (Å²) in [6.45, 7) is 0. The fourth-order valence-electron chi connectivity index (χ4n) is 3.45. The smallest absolute Gasteiger partial charge is 0.416 e. The Labute approximate surface area is 125 Å². The average Bonchev–Trinajstić information content (AvgIpc) is 2.71. The molecule has 2 fully saturated rings. The Morgan fingerprint density at radius 1 is 1.14 bits per heavy atom. The third kappa shape index (κ3) is 2.84. The van der Waals surface area contributed by atoms with Gasteiger partial charge in [0.25, 0.3) is 0 Å². The van der Waals surface area contributed by atoms with E-state index in [4.69, 9.17) is 4.74 Å². The van der Waals surface area contributed by atoms with Crippen LogP contribution in [0.15, 0.2) is 24.3 Å². The molecular formula is C15H16F3NO3. The Morgan fingerprint density at radius 2 is 1.68 bits per heavy atom. The third-order valence-electron chi connectivity index (χ3n) is 4.40. The van der Waals surface area contributed by atoms with E-state index in [-0.39, 0.29) is 18.2 Å². The van der Waals surface area contributed by atoms with Crippen LogP contribution in [0.25, 0.3) is 0 Å². The summed E-state index contributed by atoms with van der Waals surface area (Å²) in [5, 5.41) is 9.18. The second-order valence-corrected chi connectivity index (χ2v) is 5.81. The summed E-state index contributed by atoms with van der Waals surface area (Å²) < 4.78 is 43.3. The van der Waals surface area contributed by atoms with E-state index in [2.05, 4.69) is 0 Å². The molecule has 0 aromatic heterocycles. The Balaban J connectivity index is 1.65. The lowest BCUT2D eigenvalue weighted by Crippen LogP contribution is -2.48. The van der Waals surface area contributed by atoms with Gasteiger partial charge >= 0.3 is 12.3 Å². The maximum atomic E-state index is 12.5. The number of ether oxygens (including phenoxy) is 1. The van der Waals surface area contributed by atoms with Crippen molar-refractivity contribution in [2.24, 2.45) is 0 Å². The van der Waals surface area contributed by atoms with Crippen LogP contribution in [0, 0.1) is 0 Å². The highest BCUT2D eigenvalue weighted by molar-refractivity contribution is 5.66. The van der Waals surface area contributed by atoms with Gasteiger partial charge in [0.1, 0.15) is 11.9 Å². The molecule has 1 aromatic carbocycles. The summed E-state index contributed by atoms with van der Waals surface area (Å²) in [6.07, 6.45) is -2.59. The van der Waals surface area contributed by atoms with Crippen LogP contribution < -0.4 is 4.74 Å². The quantitative estimate of drug-likeness (QED) is 0.904. The monoisotopic (exact) mass is 315 g/mol. The number of nitrogens with zero attached hydrogens (tertiary/aromatic N) is 1. The number of fused-ring (bicyclic) bond motifs is 2. The number of rotatable bonds is 2. The van der Waals surface area contributed by atoms with E-state index in [1.165, 1.54) is 17.0 Å². The molecular weight excluding hydrogens is 299 g/mol. The van der Waals surface area contributed by atoms with Crippen molar-refractivity contribution in [2.45, 2.75) is 50.0 Å². The lowest BCUT2D eigenvalue weighted by Gasteiger charge is -2.37. The first-order chi connectivity index (χ1) is 10.3. The first-order valence-corrected chi connectivity index (χ1v) is 7.20. The largest absolute Gasteiger partial charge is 0.490 e. The van der Waals surface area contributed by atoms with Gasteiger partial charge in [0.15, 0.2) is 0 Å². The van der Waals surface area contributed by atoms with Crippen LogP contribution in [-0.2, 0) is 6.18 Å². The maximum absolute atomic E-state index is 12.5. The van der Waals surface area contributed by atoms with Gasteiger partial charge in [-0.05, 0) is 37.1 Å². The van der Waals surface area contributed by atoms with Crippen LogP contribution in [0.4, 0.5) is 18.0 Å². The lowest BCUT2D eigenvalue weighted by atomic mass is 10.00. The van der Waals surface area contributed by atoms with Crippen molar-refractivity contribution in [3.05, 3.63) is 29.8 Å². The highest BCUT2D eigenvalue weighted by Gasteiger charge is 2.44. The van der Waals surface area contributed by atoms with Crippen molar-refractivity contribution in [3.8, 4) is 5.75 Å². The first-order valence-electron chi connectivity index (χ1n) is 7.20. The number of carboxylic acid groups (broad SMARTS) is 1. The topological polar surface area (TPSA) is 49.8 Å². The molecule has 1 N–H and O–H groups in total. The van der Waals surface area contributed by atoms with Crippen LogP contribution in [0.2, 0.25) is 0 Å². The number of carbonyl (C=O) groups is 1. The van der Waals surface area contributed by atoms with E-state index in [1.807, 2.05) is 0 Å². The zero-order chi connectivity index (χ0) is 15.9. The standard InChI is InChI=1S/C15H16F3NO3/c16-15(17,18)9-1-5-12(6-2-9)22-13-7-10-3-4-11(8-13)19(10)14(20)21/h1-2,5-6,10-11,13H,3-4,7-8H2,(H,20,21)/t10-,11+,13+. The number of benzene rings is 1. The van der Waals surface area contributed by atoms with Gasteiger partial charge in [-0.2, -0.15) is 13.2 Å². The SMILES string of the molecule is O=C(O)N1[C@@H]2CC[C@H]1C[C@@H](Oc1ccc(C(F)(F)F)cc1)C2. The van der Waals surface area contributed by atoms with E-state index in [0.29, 0.717) is 18.6 Å². The molecule has 3 atom stereocenters. The van der Waals surface area contributed by atoms with Gasteiger partial charge in [0, 0.05) is 24.9 Å². The molecule has 1 amide bonds. The molecule has 2 aliphatic rings. The summed E-state index contributed by atoms with van der Waals surface area (Å²) in [6, 6.07) is 4.53. The fourth-order valence-corrected chi connectivity index (χ4v) is 3.45. The minimum absolute atomic E-state index is 0.0456. The van der Waals surface area contributed by atoms with Crippen molar-refractivity contribution < 1.29 is 27.8 Å². The second-order valence-electron chi connectivity index (χ2n) is 5.81. The van der Waals surface area contributed by atoms with Crippen LogP contribution in [0.3, 0.4) is 0 Å². The lowest BCUT2D eigenvalue weighted by molar-refractivity contribution is -0.137. The highest BCUT2D eigenvalue weighted by Crippen LogP contribution is 2.37. The summed E-state index contributed by atoms with van der Waals surface area (Å²) >= 11 is 0. The Morgan fingerprint density at radius 3 is 2.14 bits per heavy atom. The number of hydrogen-bond acceptors (Lipinski definition) is 2. The molecule has 2 heterocycles. The van der Waals surface area contributed by atoms with Crippen molar-refractivity contribution in [2.75, 3.05) is 0 Å². The highest BCUT2D eigenvalue weighted by atomic mass is 19.4. The molecule has 120 valence electrons. The first kappa shape index (κ1) is 15.0. The summed E-state index contributed by atoms with van der Waals surface area (Å²) in [5.74, 6) is 0.390. The van der Waals surface area contributed by atoms with E-state index in [9.17, 15) is 23.1 Å². The number of hydrogen-bond donors (Lipinski definition) is 1. The molecule has 2 aliphatic heterocycles. The molecule has 0 spiro atoms. The summed E-state index contributed by atoms with van der Waals surface area (Å²) in [4.78, 5) is 12.7. The fraction of sp³-hybridized carbons (Fsp3) is 0.533. The van der Waals surface area contributed by atoms with Crippen LogP contribution in [0.5, 0.6) is 5.75 Å². The number of amides is 1. The minimum Gasteiger partial charge on any atom is -0.490 e. The molecule has 22 heavy (non-hydrogen) atoms. The van der Waals surface area contributed by atoms with E-state index in [0.717, 1.165) is 25.0 Å². The third-order valence-corrected chi connectivity index (χ3v) is 4.40. The normalized spacial score (nSPS) is 27.8. The average molecular weight is 315 g/mol. The van der Waals surface area contributed by atoms with Crippen LogP contribution in [-0.4, -0.2) is 34.3 Å². The molecule has 0 saturated carbocycles. The molecule has 0 aliphatic carbocycles. The van der Waals surface area contributed by atoms with Crippen molar-refractivity contribution in [1.82, 2.24) is 4.90 Å². The molecule has 0 radical (unpaired) electrons. The molecule has 3 rings (SSSR count). The van der Waals surface area contributed by atoms with Gasteiger partial charge in [-0.1, -0.05) is 0 Å². The minimum atomic E-state index is -4.36. The zero-order valence-electron chi connectivity index (χ0n) is 11.7. The van der Waals surface area contributed by atoms with Gasteiger partial charge < -0.3 is 14.7 Å². The van der Waals surface area contributed by atoms with Gasteiger partial charge in [-0.3, -0.25) is 0 Å². The van der Waals surface area contributed by atoms with Crippen LogP contribution >= 0.6 is 0 Å². The van der Waals surface area contributed by atoms with Gasteiger partial charge in [0.05, 0.1) is 5.56 Å². The van der Waals surface area contributed by atoms with Crippen molar-refractivity contribution in [3.63, 3.8) is 0 Å².